The molecule has 1 aliphatic carbocycles. The van der Waals surface area contributed by atoms with Gasteiger partial charge < -0.3 is 20.4 Å². The van der Waals surface area contributed by atoms with Crippen LogP contribution in [0.2, 0.25) is 0 Å². The van der Waals surface area contributed by atoms with Crippen molar-refractivity contribution >= 4 is 39.5 Å². The Morgan fingerprint density at radius 3 is 2.59 bits per heavy atom. The van der Waals surface area contributed by atoms with E-state index in [9.17, 15) is 14.4 Å². The summed E-state index contributed by atoms with van der Waals surface area (Å²) in [4.78, 5) is 39.9. The number of rotatable bonds is 6. The molecule has 2 aliphatic rings. The number of carbonyl (C=O) groups excluding carboxylic acids is 3. The number of hydrogen-bond donors (Lipinski definition) is 2. The molecule has 1 aromatic rings. The molecule has 8 heteroatoms. The quantitative estimate of drug-likeness (QED) is 0.637. The SMILES string of the molecule is O=C(CN1CCN(C(=O)Nc2ccc(Br)cc2)CC1=O)NCCC1=CCCCC1. The van der Waals surface area contributed by atoms with Crippen LogP contribution in [0.3, 0.4) is 0 Å². The number of nitrogens with one attached hydrogen (secondary N) is 2. The first kappa shape index (κ1) is 21.4. The first-order valence-corrected chi connectivity index (χ1v) is 10.8. The van der Waals surface area contributed by atoms with Crippen LogP contribution in [-0.2, 0) is 9.59 Å². The van der Waals surface area contributed by atoms with Crippen molar-refractivity contribution in [2.75, 3.05) is 38.0 Å². The highest BCUT2D eigenvalue weighted by atomic mass is 79.9. The van der Waals surface area contributed by atoms with Gasteiger partial charge >= 0.3 is 6.03 Å². The number of anilines is 1. The number of halogens is 1. The van der Waals surface area contributed by atoms with Gasteiger partial charge in [0, 0.05) is 29.8 Å². The summed E-state index contributed by atoms with van der Waals surface area (Å²) in [7, 11) is 0. The molecule has 1 saturated heterocycles. The Kier molecular flexibility index (Phi) is 7.69. The van der Waals surface area contributed by atoms with Gasteiger partial charge in [0.1, 0.15) is 6.54 Å². The lowest BCUT2D eigenvalue weighted by Gasteiger charge is -2.33. The molecule has 0 aromatic heterocycles. The predicted octanol–water partition coefficient (Wildman–Crippen LogP) is 3.13. The normalized spacial score (nSPS) is 17.0. The van der Waals surface area contributed by atoms with Gasteiger partial charge in [-0.3, -0.25) is 9.59 Å². The summed E-state index contributed by atoms with van der Waals surface area (Å²) < 4.78 is 0.924. The highest BCUT2D eigenvalue weighted by Crippen LogP contribution is 2.19. The lowest BCUT2D eigenvalue weighted by molar-refractivity contribution is -0.139. The molecule has 1 heterocycles. The molecule has 0 atom stereocenters. The van der Waals surface area contributed by atoms with E-state index in [1.807, 2.05) is 12.1 Å². The van der Waals surface area contributed by atoms with Crippen LogP contribution in [0.5, 0.6) is 0 Å². The highest BCUT2D eigenvalue weighted by Gasteiger charge is 2.28. The van der Waals surface area contributed by atoms with E-state index < -0.39 is 0 Å². The predicted molar refractivity (Wildman–Crippen MR) is 115 cm³/mol. The van der Waals surface area contributed by atoms with E-state index in [0.29, 0.717) is 25.3 Å². The molecule has 156 valence electrons. The molecule has 0 saturated carbocycles. The fraction of sp³-hybridized carbons (Fsp3) is 0.476. The number of allylic oxidation sites excluding steroid dienone is 1. The molecule has 0 spiro atoms. The third kappa shape index (κ3) is 6.59. The minimum absolute atomic E-state index is 0.0253. The Balaban J connectivity index is 1.39. The molecular formula is C21H27BrN4O3. The van der Waals surface area contributed by atoms with Crippen LogP contribution in [0.4, 0.5) is 10.5 Å². The lowest BCUT2D eigenvalue weighted by atomic mass is 9.97. The van der Waals surface area contributed by atoms with Crippen LogP contribution in [0.15, 0.2) is 40.4 Å². The van der Waals surface area contributed by atoms with Crippen molar-refractivity contribution in [2.45, 2.75) is 32.1 Å². The fourth-order valence-electron chi connectivity index (χ4n) is 3.51. The summed E-state index contributed by atoms with van der Waals surface area (Å²) in [5, 5.41) is 5.68. The van der Waals surface area contributed by atoms with Gasteiger partial charge in [0.25, 0.3) is 0 Å². The minimum atomic E-state index is -0.314. The van der Waals surface area contributed by atoms with E-state index in [1.165, 1.54) is 28.2 Å². The van der Waals surface area contributed by atoms with Crippen molar-refractivity contribution in [3.63, 3.8) is 0 Å². The molecule has 4 amide bonds. The average molecular weight is 463 g/mol. The summed E-state index contributed by atoms with van der Waals surface area (Å²) >= 11 is 3.35. The standard InChI is InChI=1S/C21H27BrN4O3/c22-17-6-8-18(9-7-17)24-21(29)26-13-12-25(20(28)15-26)14-19(27)23-11-10-16-4-2-1-3-5-16/h4,6-9H,1-3,5,10-15H2,(H,23,27)(H,24,29). The van der Waals surface area contributed by atoms with Crippen molar-refractivity contribution in [3.8, 4) is 0 Å². The van der Waals surface area contributed by atoms with Gasteiger partial charge in [-0.2, -0.15) is 0 Å². The largest absolute Gasteiger partial charge is 0.354 e. The van der Waals surface area contributed by atoms with Gasteiger partial charge in [-0.05, 0) is 56.4 Å². The van der Waals surface area contributed by atoms with Gasteiger partial charge in [-0.1, -0.05) is 27.6 Å². The molecular weight excluding hydrogens is 436 g/mol. The molecule has 29 heavy (non-hydrogen) atoms. The lowest BCUT2D eigenvalue weighted by Crippen LogP contribution is -2.55. The number of hydrogen-bond acceptors (Lipinski definition) is 3. The van der Waals surface area contributed by atoms with Crippen molar-refractivity contribution in [1.29, 1.82) is 0 Å². The molecule has 0 bridgehead atoms. The van der Waals surface area contributed by atoms with Crippen molar-refractivity contribution in [2.24, 2.45) is 0 Å². The number of benzene rings is 1. The second kappa shape index (κ2) is 10.4. The summed E-state index contributed by atoms with van der Waals surface area (Å²) in [5.41, 5.74) is 2.08. The van der Waals surface area contributed by atoms with Crippen LogP contribution >= 0.6 is 15.9 Å². The first-order valence-electron chi connectivity index (χ1n) is 10.0. The summed E-state index contributed by atoms with van der Waals surface area (Å²) in [6, 6.07) is 6.93. The highest BCUT2D eigenvalue weighted by molar-refractivity contribution is 9.10. The number of piperazine rings is 1. The zero-order valence-electron chi connectivity index (χ0n) is 16.5. The van der Waals surface area contributed by atoms with Crippen LogP contribution in [0.25, 0.3) is 0 Å². The van der Waals surface area contributed by atoms with E-state index in [2.05, 4.69) is 32.6 Å². The second-order valence-corrected chi connectivity index (χ2v) is 8.30. The number of carbonyl (C=O) groups is 3. The van der Waals surface area contributed by atoms with E-state index >= 15 is 0 Å². The molecule has 1 fully saturated rings. The topological polar surface area (TPSA) is 81.8 Å². The van der Waals surface area contributed by atoms with Crippen LogP contribution in [0, 0.1) is 0 Å². The first-order chi connectivity index (χ1) is 14.0. The number of urea groups is 1. The van der Waals surface area contributed by atoms with Crippen LogP contribution in [-0.4, -0.2) is 60.4 Å². The smallest absolute Gasteiger partial charge is 0.322 e. The molecule has 0 unspecified atom stereocenters. The van der Waals surface area contributed by atoms with Gasteiger partial charge in [0.15, 0.2) is 0 Å². The Morgan fingerprint density at radius 1 is 1.10 bits per heavy atom. The van der Waals surface area contributed by atoms with E-state index in [4.69, 9.17) is 0 Å². The Bertz CT molecular complexity index is 779. The molecule has 1 aromatic carbocycles. The number of amides is 4. The average Bonchev–Trinajstić information content (AvgIpc) is 2.72. The molecule has 0 radical (unpaired) electrons. The van der Waals surface area contributed by atoms with Crippen LogP contribution < -0.4 is 10.6 Å². The third-order valence-corrected chi connectivity index (χ3v) is 5.72. The molecule has 7 nitrogen and oxygen atoms in total. The maximum atomic E-state index is 12.4. The van der Waals surface area contributed by atoms with E-state index in [-0.39, 0.29) is 30.9 Å². The zero-order chi connectivity index (χ0) is 20.6. The summed E-state index contributed by atoms with van der Waals surface area (Å²) in [6.07, 6.45) is 7.90. The summed E-state index contributed by atoms with van der Waals surface area (Å²) in [6.45, 7) is 1.37. The Morgan fingerprint density at radius 2 is 1.90 bits per heavy atom. The van der Waals surface area contributed by atoms with Crippen LogP contribution in [0.1, 0.15) is 32.1 Å². The summed E-state index contributed by atoms with van der Waals surface area (Å²) in [5.74, 6) is -0.366. The van der Waals surface area contributed by atoms with Gasteiger partial charge in [0.2, 0.25) is 11.8 Å². The van der Waals surface area contributed by atoms with E-state index in [1.54, 1.807) is 12.1 Å². The van der Waals surface area contributed by atoms with Crippen molar-refractivity contribution < 1.29 is 14.4 Å². The second-order valence-electron chi connectivity index (χ2n) is 7.38. The zero-order valence-corrected chi connectivity index (χ0v) is 18.0. The third-order valence-electron chi connectivity index (χ3n) is 5.19. The molecule has 2 N–H and O–H groups in total. The monoisotopic (exact) mass is 462 g/mol. The van der Waals surface area contributed by atoms with Crippen molar-refractivity contribution in [1.82, 2.24) is 15.1 Å². The van der Waals surface area contributed by atoms with Gasteiger partial charge in [-0.15, -0.1) is 0 Å². The van der Waals surface area contributed by atoms with E-state index in [0.717, 1.165) is 23.7 Å². The minimum Gasteiger partial charge on any atom is -0.354 e. The number of nitrogens with zero attached hydrogens (tertiary/aromatic N) is 2. The van der Waals surface area contributed by atoms with Crippen molar-refractivity contribution in [3.05, 3.63) is 40.4 Å². The van der Waals surface area contributed by atoms with Gasteiger partial charge in [0.05, 0.1) is 6.54 Å². The maximum absolute atomic E-state index is 12.4. The fourth-order valence-corrected chi connectivity index (χ4v) is 3.77. The Hall–Kier alpha value is -2.35. The Labute approximate surface area is 179 Å². The maximum Gasteiger partial charge on any atom is 0.322 e. The molecule has 1 aliphatic heterocycles. The van der Waals surface area contributed by atoms with Gasteiger partial charge in [-0.25, -0.2) is 4.79 Å². The molecule has 3 rings (SSSR count).